The van der Waals surface area contributed by atoms with Crippen LogP contribution in [0.15, 0.2) is 0 Å². The van der Waals surface area contributed by atoms with Crippen LogP contribution in [0.4, 0.5) is 17.8 Å². The highest BCUT2D eigenvalue weighted by Gasteiger charge is 2.11. The van der Waals surface area contributed by atoms with Gasteiger partial charge in [-0.05, 0) is 12.8 Å². The van der Waals surface area contributed by atoms with Crippen LogP contribution in [0.5, 0.6) is 0 Å². The van der Waals surface area contributed by atoms with Crippen LogP contribution in [0.25, 0.3) is 0 Å². The number of aromatic nitrogens is 3. The smallest absolute Gasteiger partial charge is 0.232 e. The Labute approximate surface area is 120 Å². The monoisotopic (exact) mass is 282 g/mol. The Bertz CT molecular complexity index is 387. The molecule has 114 valence electrons. The van der Waals surface area contributed by atoms with Gasteiger partial charge in [-0.3, -0.25) is 0 Å². The van der Waals surface area contributed by atoms with Crippen LogP contribution in [0.1, 0.15) is 39.5 Å². The van der Waals surface area contributed by atoms with E-state index in [1.807, 2.05) is 4.90 Å². The van der Waals surface area contributed by atoms with Crippen LogP contribution >= 0.6 is 0 Å². The van der Waals surface area contributed by atoms with Crippen molar-refractivity contribution in [3.8, 4) is 0 Å². The first kappa shape index (κ1) is 16.4. The third kappa shape index (κ3) is 5.56. The lowest BCUT2D eigenvalue weighted by Gasteiger charge is -2.21. The van der Waals surface area contributed by atoms with E-state index in [9.17, 15) is 0 Å². The van der Waals surface area contributed by atoms with E-state index in [0.717, 1.165) is 38.8 Å². The molecule has 0 aliphatic rings. The van der Waals surface area contributed by atoms with Gasteiger partial charge in [0.2, 0.25) is 17.8 Å². The summed E-state index contributed by atoms with van der Waals surface area (Å²) in [4.78, 5) is 14.6. The first-order chi connectivity index (χ1) is 9.71. The summed E-state index contributed by atoms with van der Waals surface area (Å²) in [7, 11) is 0. The molecule has 7 heteroatoms. The Kier molecular flexibility index (Phi) is 7.64. The average molecular weight is 282 g/mol. The number of aliphatic hydroxyl groups excluding tert-OH is 1. The van der Waals surface area contributed by atoms with Crippen molar-refractivity contribution in [1.82, 2.24) is 15.0 Å². The predicted octanol–water partition coefficient (Wildman–Crippen LogP) is 1.26. The fourth-order valence-corrected chi connectivity index (χ4v) is 1.76. The summed E-state index contributed by atoms with van der Waals surface area (Å²) >= 11 is 0. The molecule has 0 atom stereocenters. The molecule has 0 saturated heterocycles. The zero-order valence-corrected chi connectivity index (χ0v) is 12.5. The predicted molar refractivity (Wildman–Crippen MR) is 81.8 cm³/mol. The van der Waals surface area contributed by atoms with E-state index in [-0.39, 0.29) is 12.6 Å². The first-order valence-electron chi connectivity index (χ1n) is 7.32. The topological polar surface area (TPSA) is 100 Å². The molecule has 0 fully saturated rings. The number of aliphatic hydroxyl groups is 1. The molecular formula is C13H26N6O. The highest BCUT2D eigenvalue weighted by Crippen LogP contribution is 2.12. The number of nitrogens with zero attached hydrogens (tertiary/aromatic N) is 4. The van der Waals surface area contributed by atoms with Gasteiger partial charge in [-0.1, -0.05) is 26.7 Å². The summed E-state index contributed by atoms with van der Waals surface area (Å²) in [5, 5.41) is 12.3. The normalized spacial score (nSPS) is 10.6. The molecule has 0 amide bonds. The molecule has 1 heterocycles. The molecular weight excluding hydrogens is 256 g/mol. The van der Waals surface area contributed by atoms with Crippen LogP contribution in [0, 0.1) is 0 Å². The summed E-state index contributed by atoms with van der Waals surface area (Å²) in [6.07, 6.45) is 4.25. The summed E-state index contributed by atoms with van der Waals surface area (Å²) in [5.41, 5.74) is 5.73. The zero-order chi connectivity index (χ0) is 14.8. The molecule has 0 radical (unpaired) electrons. The van der Waals surface area contributed by atoms with Crippen molar-refractivity contribution >= 4 is 17.8 Å². The second-order valence-electron chi connectivity index (χ2n) is 4.66. The standard InChI is InChI=1S/C13H26N6O/c1-3-5-7-15-12-16-11(14)17-13(18-12)19(9-10-20)8-6-4-2/h20H,3-10H2,1-2H3,(H3,14,15,16,17,18). The number of hydrogen-bond acceptors (Lipinski definition) is 7. The van der Waals surface area contributed by atoms with E-state index < -0.39 is 0 Å². The molecule has 0 spiro atoms. The Balaban J connectivity index is 2.79. The molecule has 0 saturated carbocycles. The third-order valence-electron chi connectivity index (χ3n) is 2.89. The molecule has 20 heavy (non-hydrogen) atoms. The largest absolute Gasteiger partial charge is 0.395 e. The molecule has 1 aromatic heterocycles. The van der Waals surface area contributed by atoms with Crippen LogP contribution in [-0.2, 0) is 0 Å². The number of unbranched alkanes of at least 4 members (excludes halogenated alkanes) is 2. The van der Waals surface area contributed by atoms with Crippen LogP contribution < -0.4 is 16.0 Å². The van der Waals surface area contributed by atoms with Gasteiger partial charge in [-0.25, -0.2) is 0 Å². The van der Waals surface area contributed by atoms with Gasteiger partial charge in [0, 0.05) is 19.6 Å². The van der Waals surface area contributed by atoms with Crippen molar-refractivity contribution in [2.24, 2.45) is 0 Å². The van der Waals surface area contributed by atoms with E-state index in [1.54, 1.807) is 0 Å². The fraction of sp³-hybridized carbons (Fsp3) is 0.769. The second kappa shape index (κ2) is 9.30. The first-order valence-corrected chi connectivity index (χ1v) is 7.32. The number of rotatable bonds is 10. The lowest BCUT2D eigenvalue weighted by atomic mass is 10.3. The van der Waals surface area contributed by atoms with Gasteiger partial charge in [-0.2, -0.15) is 15.0 Å². The molecule has 0 bridgehead atoms. The van der Waals surface area contributed by atoms with Crippen molar-refractivity contribution < 1.29 is 5.11 Å². The maximum absolute atomic E-state index is 9.15. The van der Waals surface area contributed by atoms with Gasteiger partial charge < -0.3 is 21.1 Å². The maximum atomic E-state index is 9.15. The van der Waals surface area contributed by atoms with E-state index in [4.69, 9.17) is 10.8 Å². The van der Waals surface area contributed by atoms with Crippen LogP contribution in [0.2, 0.25) is 0 Å². The van der Waals surface area contributed by atoms with Crippen LogP contribution in [-0.4, -0.2) is 46.3 Å². The summed E-state index contributed by atoms with van der Waals surface area (Å²) in [6.45, 7) is 6.42. The van der Waals surface area contributed by atoms with Crippen molar-refractivity contribution in [2.45, 2.75) is 39.5 Å². The number of anilines is 3. The minimum absolute atomic E-state index is 0.0634. The molecule has 0 unspecified atom stereocenters. The molecule has 1 aromatic rings. The highest BCUT2D eigenvalue weighted by molar-refractivity contribution is 5.41. The van der Waals surface area contributed by atoms with E-state index in [0.29, 0.717) is 18.4 Å². The summed E-state index contributed by atoms with van der Waals surface area (Å²) in [6, 6.07) is 0. The zero-order valence-electron chi connectivity index (χ0n) is 12.5. The minimum atomic E-state index is 0.0634. The Hall–Kier alpha value is -1.63. The summed E-state index contributed by atoms with van der Waals surface area (Å²) in [5.74, 6) is 1.23. The average Bonchev–Trinajstić information content (AvgIpc) is 2.43. The molecule has 0 aromatic carbocycles. The number of nitrogens with two attached hydrogens (primary N) is 1. The maximum Gasteiger partial charge on any atom is 0.232 e. The van der Waals surface area contributed by atoms with Crippen molar-refractivity contribution in [1.29, 1.82) is 0 Å². The molecule has 7 nitrogen and oxygen atoms in total. The number of nitrogens with one attached hydrogen (secondary N) is 1. The molecule has 0 aliphatic heterocycles. The van der Waals surface area contributed by atoms with E-state index >= 15 is 0 Å². The van der Waals surface area contributed by atoms with Crippen molar-refractivity contribution in [2.75, 3.05) is 42.2 Å². The van der Waals surface area contributed by atoms with Gasteiger partial charge in [-0.15, -0.1) is 0 Å². The van der Waals surface area contributed by atoms with E-state index in [1.165, 1.54) is 0 Å². The third-order valence-corrected chi connectivity index (χ3v) is 2.89. The Morgan fingerprint density at radius 1 is 1.10 bits per heavy atom. The quantitative estimate of drug-likeness (QED) is 0.555. The van der Waals surface area contributed by atoms with Gasteiger partial charge >= 0.3 is 0 Å². The number of nitrogen functional groups attached to an aromatic ring is 1. The lowest BCUT2D eigenvalue weighted by molar-refractivity contribution is 0.301. The van der Waals surface area contributed by atoms with Gasteiger partial charge in [0.1, 0.15) is 0 Å². The Morgan fingerprint density at radius 2 is 1.85 bits per heavy atom. The van der Waals surface area contributed by atoms with Crippen molar-refractivity contribution in [3.63, 3.8) is 0 Å². The molecule has 4 N–H and O–H groups in total. The van der Waals surface area contributed by atoms with E-state index in [2.05, 4.69) is 34.1 Å². The van der Waals surface area contributed by atoms with Gasteiger partial charge in [0.15, 0.2) is 0 Å². The fourth-order valence-electron chi connectivity index (χ4n) is 1.76. The highest BCUT2D eigenvalue weighted by atomic mass is 16.3. The SMILES string of the molecule is CCCCNc1nc(N)nc(N(CCO)CCCC)n1. The minimum Gasteiger partial charge on any atom is -0.395 e. The molecule has 1 rings (SSSR count). The summed E-state index contributed by atoms with van der Waals surface area (Å²) < 4.78 is 0. The van der Waals surface area contributed by atoms with Crippen molar-refractivity contribution in [3.05, 3.63) is 0 Å². The van der Waals surface area contributed by atoms with Crippen LogP contribution in [0.3, 0.4) is 0 Å². The second-order valence-corrected chi connectivity index (χ2v) is 4.66. The molecule has 0 aliphatic carbocycles. The lowest BCUT2D eigenvalue weighted by Crippen LogP contribution is -2.30. The van der Waals surface area contributed by atoms with Gasteiger partial charge in [0.05, 0.1) is 6.61 Å². The number of hydrogen-bond donors (Lipinski definition) is 3. The Morgan fingerprint density at radius 3 is 2.50 bits per heavy atom. The van der Waals surface area contributed by atoms with Gasteiger partial charge in [0.25, 0.3) is 0 Å².